The van der Waals surface area contributed by atoms with E-state index in [9.17, 15) is 9.59 Å². The van der Waals surface area contributed by atoms with Gasteiger partial charge in [0.2, 0.25) is 5.91 Å². The Bertz CT molecular complexity index is 1010. The van der Waals surface area contributed by atoms with Crippen LogP contribution < -0.4 is 10.1 Å². The van der Waals surface area contributed by atoms with Crippen LogP contribution in [0.15, 0.2) is 40.9 Å². The molecule has 5 nitrogen and oxygen atoms in total. The molecular formula is C27H33BrCl2N2O3. The number of carbonyl (C=O) groups is 2. The highest BCUT2D eigenvalue weighted by atomic mass is 79.9. The van der Waals surface area contributed by atoms with Gasteiger partial charge in [-0.25, -0.2) is 0 Å². The van der Waals surface area contributed by atoms with Crippen molar-refractivity contribution in [2.45, 2.75) is 77.4 Å². The van der Waals surface area contributed by atoms with E-state index in [4.69, 9.17) is 27.9 Å². The molecule has 0 bridgehead atoms. The third kappa shape index (κ3) is 7.61. The van der Waals surface area contributed by atoms with Gasteiger partial charge in [-0.05, 0) is 71.4 Å². The number of ether oxygens (including phenoxy) is 1. The lowest BCUT2D eigenvalue weighted by Crippen LogP contribution is -2.52. The monoisotopic (exact) mass is 582 g/mol. The zero-order chi connectivity index (χ0) is 25.4. The Morgan fingerprint density at radius 2 is 1.80 bits per heavy atom. The summed E-state index contributed by atoms with van der Waals surface area (Å²) in [5.74, 6) is 0.119. The van der Waals surface area contributed by atoms with Gasteiger partial charge in [0.1, 0.15) is 11.8 Å². The predicted molar refractivity (Wildman–Crippen MR) is 145 cm³/mol. The second-order valence-corrected chi connectivity index (χ2v) is 10.6. The molecule has 0 saturated heterocycles. The maximum absolute atomic E-state index is 13.5. The number of aryl methyl sites for hydroxylation is 1. The van der Waals surface area contributed by atoms with Crippen LogP contribution in [0.5, 0.6) is 5.75 Å². The SMILES string of the molecule is CCc1ccc(OCC(=O)N(Cc2c(Cl)cccc2Cl)C(CC)C(=O)NC2CCCCC2)c(Br)c1. The van der Waals surface area contributed by atoms with Gasteiger partial charge in [0.25, 0.3) is 5.91 Å². The first kappa shape index (κ1) is 27.8. The van der Waals surface area contributed by atoms with Crippen LogP contribution in [-0.2, 0) is 22.6 Å². The van der Waals surface area contributed by atoms with Gasteiger partial charge >= 0.3 is 0 Å². The normalized spacial score (nSPS) is 14.9. The van der Waals surface area contributed by atoms with Gasteiger partial charge in [-0.15, -0.1) is 0 Å². The van der Waals surface area contributed by atoms with Gasteiger partial charge in [-0.3, -0.25) is 9.59 Å². The van der Waals surface area contributed by atoms with E-state index < -0.39 is 6.04 Å². The van der Waals surface area contributed by atoms with Crippen molar-refractivity contribution in [2.75, 3.05) is 6.61 Å². The molecule has 2 aromatic carbocycles. The molecule has 0 radical (unpaired) electrons. The first-order valence-electron chi connectivity index (χ1n) is 12.3. The molecule has 190 valence electrons. The lowest BCUT2D eigenvalue weighted by molar-refractivity contribution is -0.143. The summed E-state index contributed by atoms with van der Waals surface area (Å²) >= 11 is 16.4. The molecule has 1 atom stereocenters. The maximum Gasteiger partial charge on any atom is 0.261 e. The molecule has 8 heteroatoms. The standard InChI is InChI=1S/C27H33BrCl2N2O3/c1-3-18-13-14-25(21(28)15-18)35-17-26(33)32(16-20-22(29)11-8-12-23(20)30)24(4-2)27(34)31-19-9-6-5-7-10-19/h8,11-15,19,24H,3-7,9-10,16-17H2,1-2H3,(H,31,34). The highest BCUT2D eigenvalue weighted by molar-refractivity contribution is 9.10. The molecule has 0 aromatic heterocycles. The molecule has 3 rings (SSSR count). The van der Waals surface area contributed by atoms with E-state index in [-0.39, 0.29) is 31.0 Å². The fraction of sp³-hybridized carbons (Fsp3) is 0.481. The summed E-state index contributed by atoms with van der Waals surface area (Å²) in [6.45, 7) is 3.89. The highest BCUT2D eigenvalue weighted by Gasteiger charge is 2.31. The lowest BCUT2D eigenvalue weighted by Gasteiger charge is -2.33. The number of hydrogen-bond donors (Lipinski definition) is 1. The lowest BCUT2D eigenvalue weighted by atomic mass is 9.95. The van der Waals surface area contributed by atoms with E-state index in [2.05, 4.69) is 28.2 Å². The highest BCUT2D eigenvalue weighted by Crippen LogP contribution is 2.29. The average molecular weight is 584 g/mol. The largest absolute Gasteiger partial charge is 0.483 e. The number of carbonyl (C=O) groups excluding carboxylic acids is 2. The molecule has 0 heterocycles. The molecule has 2 amide bonds. The van der Waals surface area contributed by atoms with Gasteiger partial charge in [0.15, 0.2) is 6.61 Å². The fourth-order valence-electron chi connectivity index (χ4n) is 4.42. The van der Waals surface area contributed by atoms with Crippen molar-refractivity contribution in [3.8, 4) is 5.75 Å². The molecule has 2 aromatic rings. The minimum absolute atomic E-state index is 0.118. The fourth-order valence-corrected chi connectivity index (χ4v) is 5.48. The van der Waals surface area contributed by atoms with Gasteiger partial charge in [-0.1, -0.05) is 68.4 Å². The Morgan fingerprint density at radius 1 is 1.11 bits per heavy atom. The molecule has 0 aliphatic heterocycles. The average Bonchev–Trinajstić information content (AvgIpc) is 2.85. The smallest absolute Gasteiger partial charge is 0.261 e. The molecule has 1 unspecified atom stereocenters. The van der Waals surface area contributed by atoms with Crippen molar-refractivity contribution in [1.29, 1.82) is 0 Å². The number of halogens is 3. The summed E-state index contributed by atoms with van der Waals surface area (Å²) in [5, 5.41) is 4.08. The van der Waals surface area contributed by atoms with Gasteiger partial charge in [0.05, 0.1) is 4.47 Å². The minimum Gasteiger partial charge on any atom is -0.483 e. The number of nitrogens with zero attached hydrogens (tertiary/aromatic N) is 1. The van der Waals surface area contributed by atoms with Crippen molar-refractivity contribution in [2.24, 2.45) is 0 Å². The quantitative estimate of drug-likeness (QED) is 0.329. The summed E-state index contributed by atoms with van der Waals surface area (Å²) in [6, 6.07) is 10.5. The Hall–Kier alpha value is -1.76. The predicted octanol–water partition coefficient (Wildman–Crippen LogP) is 6.95. The van der Waals surface area contributed by atoms with E-state index in [1.165, 1.54) is 6.42 Å². The first-order valence-corrected chi connectivity index (χ1v) is 13.8. The van der Waals surface area contributed by atoms with Crippen LogP contribution >= 0.6 is 39.1 Å². The van der Waals surface area contributed by atoms with Crippen molar-refractivity contribution in [3.05, 3.63) is 62.0 Å². The van der Waals surface area contributed by atoms with Crippen LogP contribution in [0, 0.1) is 0 Å². The van der Waals surface area contributed by atoms with Gasteiger partial charge in [-0.2, -0.15) is 0 Å². The van der Waals surface area contributed by atoms with Crippen LogP contribution in [0.4, 0.5) is 0 Å². The Balaban J connectivity index is 1.81. The minimum atomic E-state index is -0.661. The van der Waals surface area contributed by atoms with Crippen molar-refractivity contribution < 1.29 is 14.3 Å². The van der Waals surface area contributed by atoms with E-state index in [0.29, 0.717) is 27.8 Å². The number of rotatable bonds is 10. The van der Waals surface area contributed by atoms with Crippen LogP contribution in [0.1, 0.15) is 63.5 Å². The first-order chi connectivity index (χ1) is 16.8. The molecule has 0 spiro atoms. The van der Waals surface area contributed by atoms with Crippen LogP contribution in [0.25, 0.3) is 0 Å². The molecule has 1 fully saturated rings. The second kappa shape index (κ2) is 13.5. The Kier molecular flexibility index (Phi) is 10.7. The summed E-state index contributed by atoms with van der Waals surface area (Å²) in [5.41, 5.74) is 1.78. The second-order valence-electron chi connectivity index (χ2n) is 8.90. The third-order valence-corrected chi connectivity index (χ3v) is 7.81. The molecule has 35 heavy (non-hydrogen) atoms. The van der Waals surface area contributed by atoms with Crippen LogP contribution in [0.2, 0.25) is 10.0 Å². The molecule has 1 saturated carbocycles. The van der Waals surface area contributed by atoms with E-state index in [1.54, 1.807) is 23.1 Å². The number of amides is 2. The van der Waals surface area contributed by atoms with Crippen molar-refractivity contribution >= 4 is 50.9 Å². The topological polar surface area (TPSA) is 58.6 Å². The van der Waals surface area contributed by atoms with Gasteiger partial charge < -0.3 is 15.0 Å². The summed E-state index contributed by atoms with van der Waals surface area (Å²) in [7, 11) is 0. The summed E-state index contributed by atoms with van der Waals surface area (Å²) in [4.78, 5) is 28.4. The van der Waals surface area contributed by atoms with Crippen molar-refractivity contribution in [1.82, 2.24) is 10.2 Å². The number of nitrogens with one attached hydrogen (secondary N) is 1. The maximum atomic E-state index is 13.5. The van der Waals surface area contributed by atoms with Gasteiger partial charge in [0, 0.05) is 28.2 Å². The molecule has 1 N–H and O–H groups in total. The van der Waals surface area contributed by atoms with Crippen molar-refractivity contribution in [3.63, 3.8) is 0 Å². The zero-order valence-electron chi connectivity index (χ0n) is 20.3. The zero-order valence-corrected chi connectivity index (χ0v) is 23.4. The van der Waals surface area contributed by atoms with E-state index >= 15 is 0 Å². The van der Waals surface area contributed by atoms with E-state index in [1.807, 2.05) is 25.1 Å². The summed E-state index contributed by atoms with van der Waals surface area (Å²) in [6.07, 6.45) is 6.72. The van der Waals surface area contributed by atoms with E-state index in [0.717, 1.165) is 42.1 Å². The van der Waals surface area contributed by atoms with Crippen LogP contribution in [-0.4, -0.2) is 35.4 Å². The Morgan fingerprint density at radius 3 is 2.40 bits per heavy atom. The third-order valence-electron chi connectivity index (χ3n) is 6.48. The molecule has 1 aliphatic rings. The number of hydrogen-bond acceptors (Lipinski definition) is 3. The van der Waals surface area contributed by atoms with Crippen LogP contribution in [0.3, 0.4) is 0 Å². The number of benzene rings is 2. The molecule has 1 aliphatic carbocycles. The Labute approximate surface area is 226 Å². The summed E-state index contributed by atoms with van der Waals surface area (Å²) < 4.78 is 6.65. The molecular weight excluding hydrogens is 551 g/mol.